The molecular formula is C17H38Cl2N4O4. The molecule has 2 unspecified atom stereocenters. The predicted molar refractivity (Wildman–Crippen MR) is 113 cm³/mol. The summed E-state index contributed by atoms with van der Waals surface area (Å²) in [6, 6.07) is 0. The van der Waals surface area contributed by atoms with Crippen molar-refractivity contribution in [3.05, 3.63) is 0 Å². The molecular weight excluding hydrogens is 395 g/mol. The van der Waals surface area contributed by atoms with Crippen LogP contribution in [0.5, 0.6) is 0 Å². The van der Waals surface area contributed by atoms with E-state index < -0.39 is 24.6 Å². The van der Waals surface area contributed by atoms with Crippen molar-refractivity contribution >= 4 is 37.0 Å². The van der Waals surface area contributed by atoms with Crippen molar-refractivity contribution in [1.82, 2.24) is 15.5 Å². The molecule has 0 saturated carbocycles. The number of hydrogen-bond acceptors (Lipinski definition) is 6. The van der Waals surface area contributed by atoms with Gasteiger partial charge in [-0.05, 0) is 39.7 Å². The summed E-state index contributed by atoms with van der Waals surface area (Å²) in [5.74, 6) is 0. The van der Waals surface area contributed by atoms with E-state index in [0.717, 1.165) is 25.7 Å². The van der Waals surface area contributed by atoms with Crippen LogP contribution < -0.4 is 16.4 Å². The molecule has 164 valence electrons. The Balaban J connectivity index is -0.00000288. The Bertz CT molecular complexity index is 349. The number of carbonyl (C=O) groups is 2. The van der Waals surface area contributed by atoms with Crippen LogP contribution >= 0.6 is 24.8 Å². The summed E-state index contributed by atoms with van der Waals surface area (Å²) in [5.41, 5.74) is 5.57. The number of ether oxygens (including phenoxy) is 2. The fraction of sp³-hybridized carbons (Fsp3) is 0.882. The Morgan fingerprint density at radius 3 is 1.63 bits per heavy atom. The molecule has 4 N–H and O–H groups in total. The number of rotatable bonds is 13. The van der Waals surface area contributed by atoms with Gasteiger partial charge in [-0.25, -0.2) is 14.5 Å². The van der Waals surface area contributed by atoms with E-state index in [4.69, 9.17) is 15.2 Å². The second-order valence-electron chi connectivity index (χ2n) is 5.95. The fourth-order valence-electron chi connectivity index (χ4n) is 2.20. The van der Waals surface area contributed by atoms with Crippen molar-refractivity contribution in [2.45, 2.75) is 72.3 Å². The lowest BCUT2D eigenvalue weighted by molar-refractivity contribution is -0.0916. The zero-order valence-electron chi connectivity index (χ0n) is 17.0. The monoisotopic (exact) mass is 432 g/mol. The molecule has 0 aromatic carbocycles. The van der Waals surface area contributed by atoms with E-state index in [9.17, 15) is 9.59 Å². The van der Waals surface area contributed by atoms with E-state index in [0.29, 0.717) is 32.6 Å². The van der Waals surface area contributed by atoms with Crippen molar-refractivity contribution in [3.8, 4) is 0 Å². The molecule has 10 heteroatoms. The van der Waals surface area contributed by atoms with E-state index in [1.54, 1.807) is 18.7 Å². The highest BCUT2D eigenvalue weighted by molar-refractivity contribution is 5.85. The summed E-state index contributed by atoms with van der Waals surface area (Å²) < 4.78 is 10.8. The Morgan fingerprint density at radius 2 is 1.30 bits per heavy atom. The average molecular weight is 433 g/mol. The molecule has 2 atom stereocenters. The normalized spacial score (nSPS) is 12.2. The molecule has 0 aliphatic rings. The molecule has 0 rings (SSSR count). The molecule has 0 fully saturated rings. The van der Waals surface area contributed by atoms with Gasteiger partial charge in [0.05, 0.1) is 0 Å². The zero-order chi connectivity index (χ0) is 19.1. The first kappa shape index (κ1) is 30.8. The maximum absolute atomic E-state index is 11.8. The lowest BCUT2D eigenvalue weighted by atomic mass is 10.3. The van der Waals surface area contributed by atoms with Crippen LogP contribution in [0, 0.1) is 0 Å². The highest BCUT2D eigenvalue weighted by Crippen LogP contribution is 2.10. The molecule has 0 aromatic heterocycles. The van der Waals surface area contributed by atoms with Gasteiger partial charge in [-0.2, -0.15) is 0 Å². The molecule has 0 saturated heterocycles. The van der Waals surface area contributed by atoms with Crippen LogP contribution in [-0.4, -0.2) is 55.7 Å². The minimum Gasteiger partial charge on any atom is -0.430 e. The number of unbranched alkanes of at least 4 members (excludes halogenated alkanes) is 2. The molecule has 0 spiro atoms. The number of amides is 2. The first-order chi connectivity index (χ1) is 12.0. The Morgan fingerprint density at radius 1 is 0.889 bits per heavy atom. The summed E-state index contributed by atoms with van der Waals surface area (Å²) in [6.07, 6.45) is 2.48. The van der Waals surface area contributed by atoms with Crippen molar-refractivity contribution in [3.63, 3.8) is 0 Å². The van der Waals surface area contributed by atoms with Gasteiger partial charge >= 0.3 is 12.2 Å². The second kappa shape index (κ2) is 19.8. The summed E-state index contributed by atoms with van der Waals surface area (Å²) >= 11 is 0. The van der Waals surface area contributed by atoms with Crippen molar-refractivity contribution in [2.24, 2.45) is 5.73 Å². The van der Waals surface area contributed by atoms with Crippen molar-refractivity contribution in [2.75, 3.05) is 26.2 Å². The summed E-state index contributed by atoms with van der Waals surface area (Å²) in [4.78, 5) is 25.4. The van der Waals surface area contributed by atoms with Gasteiger partial charge in [0.2, 0.25) is 0 Å². The van der Waals surface area contributed by atoms with Crippen molar-refractivity contribution < 1.29 is 19.1 Å². The maximum Gasteiger partial charge on any atom is 0.408 e. The lowest BCUT2D eigenvalue weighted by Crippen LogP contribution is -2.47. The number of carbonyl (C=O) groups excluding carboxylic acids is 2. The van der Waals surface area contributed by atoms with Gasteiger partial charge in [0.1, 0.15) is 0 Å². The molecule has 0 aliphatic heterocycles. The van der Waals surface area contributed by atoms with Gasteiger partial charge in [-0.3, -0.25) is 0 Å². The largest absolute Gasteiger partial charge is 0.430 e. The quantitative estimate of drug-likeness (QED) is 0.304. The highest BCUT2D eigenvalue weighted by Gasteiger charge is 2.25. The van der Waals surface area contributed by atoms with Gasteiger partial charge < -0.3 is 25.8 Å². The van der Waals surface area contributed by atoms with Crippen LogP contribution in [0.25, 0.3) is 0 Å². The van der Waals surface area contributed by atoms with E-state index in [1.165, 1.54) is 0 Å². The van der Waals surface area contributed by atoms with Crippen LogP contribution in [-0.2, 0) is 9.47 Å². The molecule has 0 bridgehead atoms. The van der Waals surface area contributed by atoms with E-state index in [1.807, 2.05) is 0 Å². The lowest BCUT2D eigenvalue weighted by Gasteiger charge is -2.33. The first-order valence-electron chi connectivity index (χ1n) is 9.30. The number of nitrogens with one attached hydrogen (secondary N) is 2. The van der Waals surface area contributed by atoms with Gasteiger partial charge in [-0.15, -0.1) is 24.8 Å². The SMILES string of the molecule is CCCCNC(=O)OC(C)N(CCCN)C(C)OC(=O)NCCCC.Cl.Cl. The molecule has 0 aliphatic carbocycles. The van der Waals surface area contributed by atoms with Gasteiger partial charge in [0.15, 0.2) is 12.5 Å². The summed E-state index contributed by atoms with van der Waals surface area (Å²) in [7, 11) is 0. The third-order valence-corrected chi connectivity index (χ3v) is 3.71. The molecule has 0 radical (unpaired) electrons. The average Bonchev–Trinajstić information content (AvgIpc) is 2.55. The fourth-order valence-corrected chi connectivity index (χ4v) is 2.20. The van der Waals surface area contributed by atoms with Crippen molar-refractivity contribution in [1.29, 1.82) is 0 Å². The Labute approximate surface area is 176 Å². The van der Waals surface area contributed by atoms with Gasteiger partial charge in [0, 0.05) is 19.6 Å². The minimum absolute atomic E-state index is 0. The predicted octanol–water partition coefficient (Wildman–Crippen LogP) is 3.23. The van der Waals surface area contributed by atoms with Gasteiger partial charge in [-0.1, -0.05) is 26.7 Å². The molecule has 27 heavy (non-hydrogen) atoms. The number of nitrogens with two attached hydrogens (primary N) is 1. The highest BCUT2D eigenvalue weighted by atomic mass is 35.5. The Hall–Kier alpha value is -0.960. The summed E-state index contributed by atoms with van der Waals surface area (Å²) in [5, 5.41) is 5.41. The number of hydrogen-bond donors (Lipinski definition) is 3. The van der Waals surface area contributed by atoms with Crippen LogP contribution in [0.2, 0.25) is 0 Å². The standard InChI is InChI=1S/C17H36N4O4.2ClH/c1-5-7-11-19-16(22)24-14(3)21(13-9-10-18)15(4)25-17(23)20-12-8-6-2;;/h14-15H,5-13,18H2,1-4H3,(H,19,22)(H,20,23);2*1H. The zero-order valence-corrected chi connectivity index (χ0v) is 18.6. The third kappa shape index (κ3) is 15.8. The minimum atomic E-state index is -0.536. The maximum atomic E-state index is 11.8. The molecule has 0 heterocycles. The molecule has 0 aromatic rings. The summed E-state index contributed by atoms with van der Waals surface area (Å²) in [6.45, 7) is 9.83. The van der Waals surface area contributed by atoms with E-state index in [2.05, 4.69) is 24.5 Å². The molecule has 2 amide bonds. The number of halogens is 2. The smallest absolute Gasteiger partial charge is 0.408 e. The van der Waals surface area contributed by atoms with Crippen LogP contribution in [0.15, 0.2) is 0 Å². The van der Waals surface area contributed by atoms with Crippen LogP contribution in [0.4, 0.5) is 9.59 Å². The third-order valence-electron chi connectivity index (χ3n) is 3.71. The topological polar surface area (TPSA) is 106 Å². The first-order valence-corrected chi connectivity index (χ1v) is 9.30. The second-order valence-corrected chi connectivity index (χ2v) is 5.95. The number of alkyl carbamates (subject to hydrolysis) is 2. The number of nitrogens with zero attached hydrogens (tertiary/aromatic N) is 1. The molecule has 8 nitrogen and oxygen atoms in total. The van der Waals surface area contributed by atoms with E-state index in [-0.39, 0.29) is 24.8 Å². The van der Waals surface area contributed by atoms with Crippen LogP contribution in [0.3, 0.4) is 0 Å². The van der Waals surface area contributed by atoms with E-state index >= 15 is 0 Å². The Kier molecular flexibility index (Phi) is 22.5. The van der Waals surface area contributed by atoms with Crippen LogP contribution in [0.1, 0.15) is 59.8 Å². The van der Waals surface area contributed by atoms with Gasteiger partial charge in [0.25, 0.3) is 0 Å².